The molecule has 9 heteroatoms. The number of aliphatic carboxylic acids is 1. The third kappa shape index (κ3) is 4.62. The number of carboxylic acid groups (broad SMARTS) is 1. The van der Waals surface area contributed by atoms with Gasteiger partial charge in [-0.25, -0.2) is 4.79 Å². The number of carboxylic acids is 1. The minimum Gasteiger partial charge on any atom is -0.480 e. The Labute approximate surface area is 156 Å². The predicted molar refractivity (Wildman–Crippen MR) is 95.4 cm³/mol. The van der Waals surface area contributed by atoms with Crippen LogP contribution in [0.15, 0.2) is 24.3 Å². The zero-order valence-corrected chi connectivity index (χ0v) is 15.2. The van der Waals surface area contributed by atoms with Crippen molar-refractivity contribution in [3.05, 3.63) is 35.4 Å². The number of hydrogen-bond donors (Lipinski definition) is 5. The first-order valence-corrected chi connectivity index (χ1v) is 8.65. The Morgan fingerprint density at radius 1 is 1.15 bits per heavy atom. The molecule has 1 aromatic rings. The lowest BCUT2D eigenvalue weighted by atomic mass is 9.92. The number of aliphatic hydroxyl groups is 2. The molecule has 2 amide bonds. The monoisotopic (exact) mass is 379 g/mol. The van der Waals surface area contributed by atoms with E-state index in [0.717, 1.165) is 11.1 Å². The molecule has 148 valence electrons. The van der Waals surface area contributed by atoms with E-state index in [-0.39, 0.29) is 13.0 Å². The lowest BCUT2D eigenvalue weighted by Gasteiger charge is -2.38. The number of nitrogens with zero attached hydrogens (tertiary/aromatic N) is 1. The normalized spacial score (nSPS) is 20.8. The Morgan fingerprint density at radius 3 is 2.26 bits per heavy atom. The van der Waals surface area contributed by atoms with E-state index in [0.29, 0.717) is 0 Å². The molecule has 0 bridgehead atoms. The molecule has 27 heavy (non-hydrogen) atoms. The molecular weight excluding hydrogens is 354 g/mol. The summed E-state index contributed by atoms with van der Waals surface area (Å²) in [6.07, 6.45) is -2.25. The minimum atomic E-state index is -1.50. The SMILES string of the molecule is C[C@@H](O)[C@H](N)C(=O)N1Cc2ccccc2C[C@H]1C(=O)N[C@H](C(=O)O)[C@@H](C)O. The molecule has 0 saturated carbocycles. The molecule has 1 aromatic carbocycles. The van der Waals surface area contributed by atoms with E-state index in [2.05, 4.69) is 5.32 Å². The molecular formula is C18H25N3O6. The van der Waals surface area contributed by atoms with Gasteiger partial charge in [-0.15, -0.1) is 0 Å². The van der Waals surface area contributed by atoms with E-state index < -0.39 is 48.1 Å². The van der Waals surface area contributed by atoms with Gasteiger partial charge in [-0.1, -0.05) is 24.3 Å². The minimum absolute atomic E-state index is 0.111. The van der Waals surface area contributed by atoms with E-state index in [4.69, 9.17) is 5.73 Å². The molecule has 5 atom stereocenters. The van der Waals surface area contributed by atoms with Crippen molar-refractivity contribution in [2.45, 2.75) is 57.1 Å². The van der Waals surface area contributed by atoms with Crippen molar-refractivity contribution < 1.29 is 29.7 Å². The first-order valence-electron chi connectivity index (χ1n) is 8.65. The van der Waals surface area contributed by atoms with Crippen molar-refractivity contribution in [1.82, 2.24) is 10.2 Å². The largest absolute Gasteiger partial charge is 0.480 e. The van der Waals surface area contributed by atoms with Crippen molar-refractivity contribution >= 4 is 17.8 Å². The number of nitrogens with two attached hydrogens (primary N) is 1. The highest BCUT2D eigenvalue weighted by atomic mass is 16.4. The standard InChI is InChI=1S/C18H25N3O6/c1-9(22)14(19)17(25)21-8-12-6-4-3-5-11(12)7-13(21)16(24)20-15(10(2)23)18(26)27/h3-6,9-10,13-15,22-23H,7-8,19H2,1-2H3,(H,20,24)(H,26,27)/t9-,10-,13+,14+,15+/m1/s1. The molecule has 1 aliphatic heterocycles. The third-order valence-corrected chi connectivity index (χ3v) is 4.69. The van der Waals surface area contributed by atoms with Gasteiger partial charge in [0.25, 0.3) is 0 Å². The molecule has 0 saturated heterocycles. The second-order valence-electron chi connectivity index (χ2n) is 6.79. The summed E-state index contributed by atoms with van der Waals surface area (Å²) in [6, 6.07) is 3.56. The average Bonchev–Trinajstić information content (AvgIpc) is 2.62. The highest BCUT2D eigenvalue weighted by molar-refractivity contribution is 5.92. The van der Waals surface area contributed by atoms with Gasteiger partial charge in [0, 0.05) is 13.0 Å². The molecule has 2 rings (SSSR count). The van der Waals surface area contributed by atoms with Crippen LogP contribution < -0.4 is 11.1 Å². The number of amides is 2. The van der Waals surface area contributed by atoms with Crippen LogP contribution in [-0.4, -0.2) is 68.3 Å². The highest BCUT2D eigenvalue weighted by Gasteiger charge is 2.39. The Bertz CT molecular complexity index is 721. The van der Waals surface area contributed by atoms with Gasteiger partial charge in [0.2, 0.25) is 11.8 Å². The summed E-state index contributed by atoms with van der Waals surface area (Å²) in [4.78, 5) is 38.0. The molecule has 0 unspecified atom stereocenters. The van der Waals surface area contributed by atoms with Gasteiger partial charge >= 0.3 is 5.97 Å². The number of rotatable bonds is 6. The van der Waals surface area contributed by atoms with Crippen LogP contribution in [0.1, 0.15) is 25.0 Å². The molecule has 0 radical (unpaired) electrons. The summed E-state index contributed by atoms with van der Waals surface area (Å²) < 4.78 is 0. The Hall–Kier alpha value is -2.49. The second-order valence-corrected chi connectivity index (χ2v) is 6.79. The molecule has 6 N–H and O–H groups in total. The molecule has 1 heterocycles. The van der Waals surface area contributed by atoms with E-state index in [1.165, 1.54) is 18.7 Å². The summed E-state index contributed by atoms with van der Waals surface area (Å²) >= 11 is 0. The number of carbonyl (C=O) groups excluding carboxylic acids is 2. The fourth-order valence-electron chi connectivity index (χ4n) is 3.02. The van der Waals surface area contributed by atoms with Crippen molar-refractivity contribution in [1.29, 1.82) is 0 Å². The molecule has 0 aromatic heterocycles. The number of fused-ring (bicyclic) bond motifs is 1. The smallest absolute Gasteiger partial charge is 0.328 e. The number of nitrogens with one attached hydrogen (secondary N) is 1. The zero-order chi connectivity index (χ0) is 20.3. The van der Waals surface area contributed by atoms with E-state index in [9.17, 15) is 29.7 Å². The summed E-state index contributed by atoms with van der Waals surface area (Å²) in [5, 5.41) is 30.7. The van der Waals surface area contributed by atoms with Crippen LogP contribution in [-0.2, 0) is 27.3 Å². The number of aliphatic hydroxyl groups excluding tert-OH is 2. The summed E-state index contributed by atoms with van der Waals surface area (Å²) in [7, 11) is 0. The van der Waals surface area contributed by atoms with Gasteiger partial charge in [0.05, 0.1) is 12.2 Å². The fourth-order valence-corrected chi connectivity index (χ4v) is 3.02. The average molecular weight is 379 g/mol. The van der Waals surface area contributed by atoms with E-state index in [1.54, 1.807) is 0 Å². The highest BCUT2D eigenvalue weighted by Crippen LogP contribution is 2.24. The van der Waals surface area contributed by atoms with E-state index in [1.807, 2.05) is 24.3 Å². The van der Waals surface area contributed by atoms with Gasteiger partial charge in [-0.3, -0.25) is 9.59 Å². The van der Waals surface area contributed by atoms with Gasteiger partial charge in [-0.05, 0) is 25.0 Å². The van der Waals surface area contributed by atoms with Crippen LogP contribution in [0.3, 0.4) is 0 Å². The maximum absolute atomic E-state index is 12.8. The number of hydrogen-bond acceptors (Lipinski definition) is 6. The lowest BCUT2D eigenvalue weighted by molar-refractivity contribution is -0.148. The molecule has 0 fully saturated rings. The Kier molecular flexibility index (Phi) is 6.53. The van der Waals surface area contributed by atoms with Gasteiger partial charge in [0.1, 0.15) is 12.1 Å². The molecule has 1 aliphatic rings. The van der Waals surface area contributed by atoms with Gasteiger partial charge in [-0.2, -0.15) is 0 Å². The summed E-state index contributed by atoms with van der Waals surface area (Å²) in [5.74, 6) is -2.69. The summed E-state index contributed by atoms with van der Waals surface area (Å²) in [5.41, 5.74) is 7.47. The molecule has 0 aliphatic carbocycles. The van der Waals surface area contributed by atoms with Crippen molar-refractivity contribution in [3.8, 4) is 0 Å². The van der Waals surface area contributed by atoms with Crippen LogP contribution in [0.2, 0.25) is 0 Å². The number of carbonyl (C=O) groups is 3. The second kappa shape index (κ2) is 8.47. The van der Waals surface area contributed by atoms with Gasteiger partial charge in [0.15, 0.2) is 6.04 Å². The number of benzene rings is 1. The van der Waals surface area contributed by atoms with Crippen LogP contribution in [0, 0.1) is 0 Å². The molecule has 0 spiro atoms. The van der Waals surface area contributed by atoms with E-state index >= 15 is 0 Å². The summed E-state index contributed by atoms with van der Waals surface area (Å²) in [6.45, 7) is 2.74. The van der Waals surface area contributed by atoms with Crippen molar-refractivity contribution in [2.75, 3.05) is 0 Å². The zero-order valence-electron chi connectivity index (χ0n) is 15.2. The fraction of sp³-hybridized carbons (Fsp3) is 0.500. The van der Waals surface area contributed by atoms with Crippen molar-refractivity contribution in [2.24, 2.45) is 5.73 Å². The maximum Gasteiger partial charge on any atom is 0.328 e. The maximum atomic E-state index is 12.8. The first kappa shape index (κ1) is 20.8. The van der Waals surface area contributed by atoms with Gasteiger partial charge < -0.3 is 31.3 Å². The van der Waals surface area contributed by atoms with Crippen LogP contribution in [0.25, 0.3) is 0 Å². The van der Waals surface area contributed by atoms with Crippen LogP contribution >= 0.6 is 0 Å². The van der Waals surface area contributed by atoms with Crippen LogP contribution in [0.4, 0.5) is 0 Å². The van der Waals surface area contributed by atoms with Crippen molar-refractivity contribution in [3.63, 3.8) is 0 Å². The Balaban J connectivity index is 2.32. The lowest BCUT2D eigenvalue weighted by Crippen LogP contribution is -2.60. The molecule has 9 nitrogen and oxygen atoms in total. The van der Waals surface area contributed by atoms with Crippen LogP contribution in [0.5, 0.6) is 0 Å². The first-order chi connectivity index (χ1) is 12.6. The Morgan fingerprint density at radius 2 is 1.74 bits per heavy atom. The topological polar surface area (TPSA) is 153 Å². The quantitative estimate of drug-likeness (QED) is 0.407. The third-order valence-electron chi connectivity index (χ3n) is 4.69. The predicted octanol–water partition coefficient (Wildman–Crippen LogP) is -1.40.